The highest BCUT2D eigenvalue weighted by atomic mass is 19.4. The maximum Gasteiger partial charge on any atom is 0.417 e. The van der Waals surface area contributed by atoms with Crippen molar-refractivity contribution in [2.45, 2.75) is 25.7 Å². The highest BCUT2D eigenvalue weighted by Gasteiger charge is 2.38. The molecule has 0 spiro atoms. The molecule has 0 saturated carbocycles. The largest absolute Gasteiger partial charge is 0.497 e. The molecule has 0 saturated heterocycles. The zero-order valence-electron chi connectivity index (χ0n) is 11.3. The van der Waals surface area contributed by atoms with Crippen molar-refractivity contribution in [1.29, 1.82) is 0 Å². The van der Waals surface area contributed by atoms with E-state index in [1.54, 1.807) is 12.1 Å². The van der Waals surface area contributed by atoms with Gasteiger partial charge in [-0.15, -0.1) is 0 Å². The molecular weight excluding hydrogens is 275 g/mol. The summed E-state index contributed by atoms with van der Waals surface area (Å²) in [5.74, 6) is 0.872. The van der Waals surface area contributed by atoms with Crippen molar-refractivity contribution in [1.82, 2.24) is 5.32 Å². The van der Waals surface area contributed by atoms with Crippen molar-refractivity contribution in [2.75, 3.05) is 20.3 Å². The van der Waals surface area contributed by atoms with Gasteiger partial charge < -0.3 is 19.9 Å². The van der Waals surface area contributed by atoms with Crippen LogP contribution in [0, 0.1) is 0 Å². The summed E-state index contributed by atoms with van der Waals surface area (Å²) in [5, 5.41) is 12.0. The summed E-state index contributed by atoms with van der Waals surface area (Å²) in [6, 6.07) is 4.79. The molecule has 0 aromatic heterocycles. The molecule has 1 rings (SSSR count). The number of ether oxygens (including phenoxy) is 2. The second kappa shape index (κ2) is 7.35. The monoisotopic (exact) mass is 293 g/mol. The molecule has 0 bridgehead atoms. The van der Waals surface area contributed by atoms with Gasteiger partial charge >= 0.3 is 6.18 Å². The molecule has 1 aromatic rings. The Balaban J connectivity index is 2.77. The summed E-state index contributed by atoms with van der Waals surface area (Å²) < 4.78 is 46.7. The number of alkyl halides is 3. The van der Waals surface area contributed by atoms with E-state index in [-0.39, 0.29) is 5.75 Å². The van der Waals surface area contributed by atoms with Gasteiger partial charge in [-0.05, 0) is 24.7 Å². The predicted octanol–water partition coefficient (Wildman–Crippen LogP) is 2.11. The maximum atomic E-state index is 12.2. The molecular formula is C13H18F3NO3. The van der Waals surface area contributed by atoms with Crippen molar-refractivity contribution in [2.24, 2.45) is 0 Å². The minimum atomic E-state index is -4.69. The number of rotatable bonds is 7. The lowest BCUT2D eigenvalue weighted by Gasteiger charge is -2.17. The lowest BCUT2D eigenvalue weighted by Crippen LogP contribution is -2.34. The second-order valence-corrected chi connectivity index (χ2v) is 4.12. The molecule has 1 aromatic carbocycles. The van der Waals surface area contributed by atoms with E-state index in [1.165, 1.54) is 13.2 Å². The average molecular weight is 293 g/mol. The van der Waals surface area contributed by atoms with Crippen LogP contribution in [0.4, 0.5) is 13.2 Å². The van der Waals surface area contributed by atoms with Gasteiger partial charge in [-0.2, -0.15) is 13.2 Å². The fourth-order valence-corrected chi connectivity index (χ4v) is 1.48. The number of halogens is 3. The quantitative estimate of drug-likeness (QED) is 0.808. The Morgan fingerprint density at radius 3 is 2.60 bits per heavy atom. The summed E-state index contributed by atoms with van der Waals surface area (Å²) in [7, 11) is 1.50. The van der Waals surface area contributed by atoms with Gasteiger partial charge in [-0.25, -0.2) is 0 Å². The van der Waals surface area contributed by atoms with Crippen molar-refractivity contribution in [3.05, 3.63) is 23.8 Å². The Bertz CT molecular complexity index is 424. The van der Waals surface area contributed by atoms with Crippen LogP contribution in [0.3, 0.4) is 0 Å². The number of aliphatic hydroxyl groups is 1. The normalized spacial score (nSPS) is 13.1. The number of benzene rings is 1. The highest BCUT2D eigenvalue weighted by molar-refractivity contribution is 5.40. The zero-order valence-corrected chi connectivity index (χ0v) is 11.3. The maximum absolute atomic E-state index is 12.2. The Labute approximate surface area is 115 Å². The Morgan fingerprint density at radius 1 is 1.35 bits per heavy atom. The van der Waals surface area contributed by atoms with Crippen LogP contribution in [-0.4, -0.2) is 37.6 Å². The van der Waals surface area contributed by atoms with E-state index in [4.69, 9.17) is 14.6 Å². The number of nitrogens with one attached hydrogen (secondary N) is 1. The van der Waals surface area contributed by atoms with E-state index >= 15 is 0 Å². The molecule has 0 heterocycles. The lowest BCUT2D eigenvalue weighted by atomic mass is 10.2. The highest BCUT2D eigenvalue weighted by Crippen LogP contribution is 2.26. The molecule has 0 fully saturated rings. The minimum Gasteiger partial charge on any atom is -0.497 e. The smallest absolute Gasteiger partial charge is 0.417 e. The van der Waals surface area contributed by atoms with E-state index < -0.39 is 18.9 Å². The van der Waals surface area contributed by atoms with Crippen LogP contribution in [0.1, 0.15) is 12.5 Å². The standard InChI is InChI=1S/C13H18F3NO3/c1-3-17-7-9-6-10(19-2)4-5-11(9)20-8-12(18)13(14,15)16/h4-6,12,17-18H,3,7-8H2,1-2H3. The molecule has 0 radical (unpaired) electrons. The summed E-state index contributed by atoms with van der Waals surface area (Å²) >= 11 is 0. The SMILES string of the molecule is CCNCc1cc(OC)ccc1OCC(O)C(F)(F)F. The summed E-state index contributed by atoms with van der Waals surface area (Å²) in [4.78, 5) is 0. The predicted molar refractivity (Wildman–Crippen MR) is 67.9 cm³/mol. The van der Waals surface area contributed by atoms with E-state index in [2.05, 4.69) is 5.32 Å². The van der Waals surface area contributed by atoms with E-state index in [1.807, 2.05) is 6.92 Å². The van der Waals surface area contributed by atoms with Crippen molar-refractivity contribution < 1.29 is 27.8 Å². The molecule has 0 aliphatic heterocycles. The molecule has 1 unspecified atom stereocenters. The molecule has 2 N–H and O–H groups in total. The minimum absolute atomic E-state index is 0.287. The molecule has 0 aliphatic carbocycles. The Kier molecular flexibility index (Phi) is 6.09. The first kappa shape index (κ1) is 16.6. The fourth-order valence-electron chi connectivity index (χ4n) is 1.48. The first-order valence-corrected chi connectivity index (χ1v) is 6.13. The van der Waals surface area contributed by atoms with E-state index in [0.717, 1.165) is 0 Å². The van der Waals surface area contributed by atoms with Gasteiger partial charge in [0.05, 0.1) is 7.11 Å². The Morgan fingerprint density at radius 2 is 2.05 bits per heavy atom. The molecule has 7 heteroatoms. The first-order chi connectivity index (χ1) is 9.38. The zero-order chi connectivity index (χ0) is 15.2. The van der Waals surface area contributed by atoms with Crippen molar-refractivity contribution in [3.63, 3.8) is 0 Å². The molecule has 20 heavy (non-hydrogen) atoms. The first-order valence-electron chi connectivity index (χ1n) is 6.13. The van der Waals surface area contributed by atoms with Crippen molar-refractivity contribution in [3.8, 4) is 11.5 Å². The van der Waals surface area contributed by atoms with Gasteiger partial charge in [0.25, 0.3) is 0 Å². The van der Waals surface area contributed by atoms with Crippen molar-refractivity contribution >= 4 is 0 Å². The van der Waals surface area contributed by atoms with Gasteiger partial charge in [0, 0.05) is 12.1 Å². The van der Waals surface area contributed by atoms with Crippen LogP contribution in [-0.2, 0) is 6.54 Å². The third kappa shape index (κ3) is 4.90. The van der Waals surface area contributed by atoms with Crippen LogP contribution in [0.15, 0.2) is 18.2 Å². The Hall–Kier alpha value is -1.47. The third-order valence-electron chi connectivity index (χ3n) is 2.61. The summed E-state index contributed by atoms with van der Waals surface area (Å²) in [5.41, 5.74) is 0.667. The topological polar surface area (TPSA) is 50.7 Å². The van der Waals surface area contributed by atoms with Gasteiger partial charge in [0.2, 0.25) is 0 Å². The van der Waals surface area contributed by atoms with Gasteiger partial charge in [0.15, 0.2) is 6.10 Å². The molecule has 0 amide bonds. The number of hydrogen-bond donors (Lipinski definition) is 2. The number of hydrogen-bond acceptors (Lipinski definition) is 4. The molecule has 0 aliphatic rings. The summed E-state index contributed by atoms with van der Waals surface area (Å²) in [6.45, 7) is 2.22. The van der Waals surface area contributed by atoms with Crippen LogP contribution in [0.25, 0.3) is 0 Å². The van der Waals surface area contributed by atoms with Gasteiger partial charge in [-0.1, -0.05) is 6.92 Å². The fraction of sp³-hybridized carbons (Fsp3) is 0.538. The van der Waals surface area contributed by atoms with E-state index in [0.29, 0.717) is 24.4 Å². The number of aliphatic hydroxyl groups excluding tert-OH is 1. The molecule has 114 valence electrons. The van der Waals surface area contributed by atoms with Crippen LogP contribution in [0.2, 0.25) is 0 Å². The lowest BCUT2D eigenvalue weighted by molar-refractivity contribution is -0.210. The van der Waals surface area contributed by atoms with Gasteiger partial charge in [-0.3, -0.25) is 0 Å². The second-order valence-electron chi connectivity index (χ2n) is 4.12. The van der Waals surface area contributed by atoms with Gasteiger partial charge in [0.1, 0.15) is 18.1 Å². The van der Waals surface area contributed by atoms with Crippen LogP contribution >= 0.6 is 0 Å². The third-order valence-corrected chi connectivity index (χ3v) is 2.61. The van der Waals surface area contributed by atoms with E-state index in [9.17, 15) is 13.2 Å². The molecule has 4 nitrogen and oxygen atoms in total. The number of methoxy groups -OCH3 is 1. The summed E-state index contributed by atoms with van der Waals surface area (Å²) in [6.07, 6.45) is -7.19. The average Bonchev–Trinajstić information content (AvgIpc) is 2.41. The van der Waals surface area contributed by atoms with Crippen LogP contribution in [0.5, 0.6) is 11.5 Å². The van der Waals surface area contributed by atoms with Crippen LogP contribution < -0.4 is 14.8 Å². The molecule has 1 atom stereocenters.